The van der Waals surface area contributed by atoms with Gasteiger partial charge in [-0.2, -0.15) is 5.26 Å². The highest BCUT2D eigenvalue weighted by Crippen LogP contribution is 2.21. The summed E-state index contributed by atoms with van der Waals surface area (Å²) in [6, 6.07) is 9.32. The van der Waals surface area contributed by atoms with Gasteiger partial charge in [0.2, 0.25) is 0 Å². The van der Waals surface area contributed by atoms with Crippen molar-refractivity contribution in [2.45, 2.75) is 19.3 Å². The maximum atomic E-state index is 11.8. The topological polar surface area (TPSA) is 50.1 Å². The van der Waals surface area contributed by atoms with E-state index in [2.05, 4.69) is 15.9 Å². The minimum atomic E-state index is -0.701. The fourth-order valence-electron chi connectivity index (χ4n) is 1.48. The third kappa shape index (κ3) is 4.29. The maximum absolute atomic E-state index is 11.8. The van der Waals surface area contributed by atoms with E-state index in [0.717, 1.165) is 10.0 Å². The van der Waals surface area contributed by atoms with Crippen LogP contribution in [0.15, 0.2) is 28.7 Å². The number of nitriles is 1. The zero-order chi connectivity index (χ0) is 12.7. The van der Waals surface area contributed by atoms with Gasteiger partial charge in [0.1, 0.15) is 5.92 Å². The Hall–Kier alpha value is -1.18. The highest BCUT2D eigenvalue weighted by molar-refractivity contribution is 9.10. The van der Waals surface area contributed by atoms with Crippen LogP contribution in [0.1, 0.15) is 24.8 Å². The molecule has 0 spiro atoms. The lowest BCUT2D eigenvalue weighted by Crippen LogP contribution is -2.13. The number of ketones is 1. The second kappa shape index (κ2) is 7.21. The molecule has 0 heterocycles. The summed E-state index contributed by atoms with van der Waals surface area (Å²) >= 11 is 3.33. The minimum Gasteiger partial charge on any atom is -0.381 e. The third-order valence-corrected chi connectivity index (χ3v) is 2.82. The van der Waals surface area contributed by atoms with Crippen LogP contribution in [-0.4, -0.2) is 19.0 Å². The molecule has 0 fully saturated rings. The van der Waals surface area contributed by atoms with Crippen LogP contribution in [0.5, 0.6) is 0 Å². The predicted octanol–water partition coefficient (Wildman–Crippen LogP) is 3.05. The van der Waals surface area contributed by atoms with Gasteiger partial charge in [0.25, 0.3) is 0 Å². The molecule has 0 bridgehead atoms. The van der Waals surface area contributed by atoms with Crippen molar-refractivity contribution in [1.29, 1.82) is 5.26 Å². The molecule has 0 aliphatic carbocycles. The largest absolute Gasteiger partial charge is 0.381 e. The van der Waals surface area contributed by atoms with Gasteiger partial charge in [0, 0.05) is 17.5 Å². The fourth-order valence-corrected chi connectivity index (χ4v) is 1.90. The standard InChI is InChI=1S/C13H14BrNO2/c1-2-17-7-6-13(16)12(9-15)10-4-3-5-11(14)8-10/h3-5,8,12H,2,6-7H2,1H3. The van der Waals surface area contributed by atoms with Crippen LogP contribution in [0.2, 0.25) is 0 Å². The van der Waals surface area contributed by atoms with Gasteiger partial charge >= 0.3 is 0 Å². The van der Waals surface area contributed by atoms with E-state index >= 15 is 0 Å². The monoisotopic (exact) mass is 295 g/mol. The van der Waals surface area contributed by atoms with Crippen molar-refractivity contribution in [3.05, 3.63) is 34.3 Å². The number of carbonyl (C=O) groups excluding carboxylic acids is 1. The minimum absolute atomic E-state index is 0.0981. The summed E-state index contributed by atoms with van der Waals surface area (Å²) in [5.74, 6) is -0.799. The van der Waals surface area contributed by atoms with Gasteiger partial charge in [-0.1, -0.05) is 28.1 Å². The molecular weight excluding hydrogens is 282 g/mol. The molecule has 1 atom stereocenters. The molecule has 17 heavy (non-hydrogen) atoms. The second-order valence-corrected chi connectivity index (χ2v) is 4.45. The van der Waals surface area contributed by atoms with Gasteiger partial charge in [0.15, 0.2) is 5.78 Å². The Balaban J connectivity index is 2.72. The van der Waals surface area contributed by atoms with E-state index in [0.29, 0.717) is 13.2 Å². The first kappa shape index (κ1) is 13.9. The Labute approximate surface area is 110 Å². The average Bonchev–Trinajstić information content (AvgIpc) is 2.30. The van der Waals surface area contributed by atoms with E-state index in [1.807, 2.05) is 25.1 Å². The van der Waals surface area contributed by atoms with Crippen LogP contribution in [0.3, 0.4) is 0 Å². The van der Waals surface area contributed by atoms with Crippen molar-refractivity contribution in [2.75, 3.05) is 13.2 Å². The summed E-state index contributed by atoms with van der Waals surface area (Å²) in [4.78, 5) is 11.8. The molecule has 0 saturated carbocycles. The number of hydrogen-bond donors (Lipinski definition) is 0. The molecule has 0 amide bonds. The number of halogens is 1. The Bertz CT molecular complexity index is 426. The number of benzene rings is 1. The van der Waals surface area contributed by atoms with Crippen molar-refractivity contribution in [1.82, 2.24) is 0 Å². The molecule has 4 heteroatoms. The van der Waals surface area contributed by atoms with Crippen molar-refractivity contribution in [3.8, 4) is 6.07 Å². The van der Waals surface area contributed by atoms with E-state index in [1.165, 1.54) is 0 Å². The van der Waals surface area contributed by atoms with Crippen molar-refractivity contribution >= 4 is 21.7 Å². The van der Waals surface area contributed by atoms with E-state index in [9.17, 15) is 4.79 Å². The normalized spacial score (nSPS) is 11.8. The van der Waals surface area contributed by atoms with E-state index in [4.69, 9.17) is 10.00 Å². The summed E-state index contributed by atoms with van der Waals surface area (Å²) in [5.41, 5.74) is 0.725. The molecule has 1 aromatic rings. The molecular formula is C13H14BrNO2. The molecule has 0 aliphatic heterocycles. The van der Waals surface area contributed by atoms with Crippen LogP contribution in [0.25, 0.3) is 0 Å². The predicted molar refractivity (Wildman–Crippen MR) is 68.6 cm³/mol. The van der Waals surface area contributed by atoms with E-state index < -0.39 is 5.92 Å². The maximum Gasteiger partial charge on any atom is 0.156 e. The lowest BCUT2D eigenvalue weighted by Gasteiger charge is -2.08. The first-order valence-electron chi connectivity index (χ1n) is 5.44. The number of nitrogens with zero attached hydrogens (tertiary/aromatic N) is 1. The van der Waals surface area contributed by atoms with Gasteiger partial charge in [-0.3, -0.25) is 4.79 Å². The summed E-state index contributed by atoms with van der Waals surface area (Å²) in [6.07, 6.45) is 0.276. The number of ether oxygens (including phenoxy) is 1. The first-order valence-corrected chi connectivity index (χ1v) is 6.24. The summed E-state index contributed by atoms with van der Waals surface area (Å²) < 4.78 is 5.99. The Morgan fingerprint density at radius 3 is 2.94 bits per heavy atom. The molecule has 0 N–H and O–H groups in total. The average molecular weight is 296 g/mol. The highest BCUT2D eigenvalue weighted by Gasteiger charge is 2.19. The fraction of sp³-hybridized carbons (Fsp3) is 0.385. The first-order chi connectivity index (χ1) is 8.19. The number of Topliss-reactive ketones (excluding diaryl/α,β-unsaturated/α-hetero) is 1. The SMILES string of the molecule is CCOCCC(=O)C(C#N)c1cccc(Br)c1. The van der Waals surface area contributed by atoms with Crippen LogP contribution in [0.4, 0.5) is 0 Å². The molecule has 1 unspecified atom stereocenters. The summed E-state index contributed by atoms with van der Waals surface area (Å²) in [6.45, 7) is 2.84. The zero-order valence-electron chi connectivity index (χ0n) is 9.65. The van der Waals surface area contributed by atoms with Crippen LogP contribution in [0, 0.1) is 11.3 Å². The molecule has 0 radical (unpaired) electrons. The third-order valence-electron chi connectivity index (χ3n) is 2.33. The summed E-state index contributed by atoms with van der Waals surface area (Å²) in [5, 5.41) is 9.07. The Morgan fingerprint density at radius 2 is 2.35 bits per heavy atom. The number of rotatable bonds is 6. The molecule has 3 nitrogen and oxygen atoms in total. The zero-order valence-corrected chi connectivity index (χ0v) is 11.2. The van der Waals surface area contributed by atoms with Gasteiger partial charge in [-0.25, -0.2) is 0 Å². The lowest BCUT2D eigenvalue weighted by atomic mass is 9.95. The van der Waals surface area contributed by atoms with Crippen LogP contribution in [-0.2, 0) is 9.53 Å². The number of hydrogen-bond acceptors (Lipinski definition) is 3. The highest BCUT2D eigenvalue weighted by atomic mass is 79.9. The van der Waals surface area contributed by atoms with Crippen LogP contribution < -0.4 is 0 Å². The summed E-state index contributed by atoms with van der Waals surface area (Å²) in [7, 11) is 0. The van der Waals surface area contributed by atoms with Gasteiger partial charge < -0.3 is 4.74 Å². The molecule has 0 aliphatic rings. The molecule has 0 aromatic heterocycles. The van der Waals surface area contributed by atoms with E-state index in [1.54, 1.807) is 12.1 Å². The molecule has 0 saturated heterocycles. The van der Waals surface area contributed by atoms with E-state index in [-0.39, 0.29) is 12.2 Å². The van der Waals surface area contributed by atoms with Crippen molar-refractivity contribution < 1.29 is 9.53 Å². The smallest absolute Gasteiger partial charge is 0.156 e. The molecule has 90 valence electrons. The van der Waals surface area contributed by atoms with Gasteiger partial charge in [0.05, 0.1) is 12.7 Å². The van der Waals surface area contributed by atoms with Gasteiger partial charge in [-0.05, 0) is 24.6 Å². The molecule has 1 rings (SSSR count). The number of carbonyl (C=O) groups is 1. The second-order valence-electron chi connectivity index (χ2n) is 3.53. The van der Waals surface area contributed by atoms with Crippen molar-refractivity contribution in [2.24, 2.45) is 0 Å². The Morgan fingerprint density at radius 1 is 1.59 bits per heavy atom. The lowest BCUT2D eigenvalue weighted by molar-refractivity contribution is -0.120. The quantitative estimate of drug-likeness (QED) is 0.758. The molecule has 1 aromatic carbocycles. The van der Waals surface area contributed by atoms with Crippen molar-refractivity contribution in [3.63, 3.8) is 0 Å². The van der Waals surface area contributed by atoms with Gasteiger partial charge in [-0.15, -0.1) is 0 Å². The van der Waals surface area contributed by atoms with Crippen LogP contribution >= 0.6 is 15.9 Å². The Kier molecular flexibility index (Phi) is 5.88.